The second-order valence-electron chi connectivity index (χ2n) is 7.65. The molecule has 2 N–H and O–H groups in total. The number of amides is 3. The first-order chi connectivity index (χ1) is 13.4. The summed E-state index contributed by atoms with van der Waals surface area (Å²) >= 11 is 1.62. The zero-order valence-electron chi connectivity index (χ0n) is 16.0. The van der Waals surface area contributed by atoms with Crippen molar-refractivity contribution in [2.24, 2.45) is 0 Å². The predicted octanol–water partition coefficient (Wildman–Crippen LogP) is 2.89. The van der Waals surface area contributed by atoms with E-state index >= 15 is 0 Å². The average Bonchev–Trinajstić information content (AvgIpc) is 3.20. The summed E-state index contributed by atoms with van der Waals surface area (Å²) < 4.78 is 5.67. The van der Waals surface area contributed by atoms with Crippen molar-refractivity contribution in [1.82, 2.24) is 10.2 Å². The maximum absolute atomic E-state index is 13.1. The van der Waals surface area contributed by atoms with Crippen molar-refractivity contribution in [1.29, 1.82) is 0 Å². The molecule has 0 saturated carbocycles. The van der Waals surface area contributed by atoms with Crippen LogP contribution in [0.4, 0.5) is 4.79 Å². The molecular formula is C21H24N2O4S. The van der Waals surface area contributed by atoms with E-state index in [0.717, 1.165) is 39.3 Å². The van der Waals surface area contributed by atoms with Gasteiger partial charge < -0.3 is 15.2 Å². The molecule has 148 valence electrons. The van der Waals surface area contributed by atoms with E-state index in [4.69, 9.17) is 4.74 Å². The first-order valence-corrected chi connectivity index (χ1v) is 10.4. The van der Waals surface area contributed by atoms with Crippen LogP contribution in [0.25, 0.3) is 0 Å². The van der Waals surface area contributed by atoms with Gasteiger partial charge in [-0.3, -0.25) is 9.69 Å². The lowest BCUT2D eigenvalue weighted by atomic mass is 9.80. The number of hydrogen-bond acceptors (Lipinski definition) is 5. The summed E-state index contributed by atoms with van der Waals surface area (Å²) in [4.78, 5) is 28.0. The van der Waals surface area contributed by atoms with Gasteiger partial charge in [-0.05, 0) is 67.8 Å². The number of fused-ring (bicyclic) bond motifs is 2. The predicted molar refractivity (Wildman–Crippen MR) is 107 cm³/mol. The standard InChI is InChI=1S/C21H24N2O4S/c1-13-8-14(2)10-16(9-13)27-12-15(24)11-23-19(25)21(22-20(23)26)6-3-4-18-17(21)5-7-28-18/h5,7-10,15,24H,3-4,6,11-12H2,1-2H3,(H,22,26)/t15-,21+/m1/s1. The van der Waals surface area contributed by atoms with Crippen LogP contribution in [-0.4, -0.2) is 41.2 Å². The highest BCUT2D eigenvalue weighted by Crippen LogP contribution is 2.42. The van der Waals surface area contributed by atoms with Gasteiger partial charge in [-0.1, -0.05) is 6.07 Å². The van der Waals surface area contributed by atoms with Gasteiger partial charge >= 0.3 is 6.03 Å². The number of hydrogen-bond donors (Lipinski definition) is 2. The van der Waals surface area contributed by atoms with E-state index in [1.807, 2.05) is 43.5 Å². The summed E-state index contributed by atoms with van der Waals surface area (Å²) in [5.74, 6) is 0.391. The smallest absolute Gasteiger partial charge is 0.325 e. The molecule has 2 heterocycles. The molecule has 0 bridgehead atoms. The number of carbonyl (C=O) groups excluding carboxylic acids is 2. The number of aliphatic hydroxyl groups excluding tert-OH is 1. The number of imide groups is 1. The highest BCUT2D eigenvalue weighted by atomic mass is 32.1. The second kappa shape index (κ2) is 7.22. The van der Waals surface area contributed by atoms with E-state index in [2.05, 4.69) is 5.32 Å². The highest BCUT2D eigenvalue weighted by molar-refractivity contribution is 7.10. The monoisotopic (exact) mass is 400 g/mol. The molecular weight excluding hydrogens is 376 g/mol. The number of rotatable bonds is 5. The van der Waals surface area contributed by atoms with Gasteiger partial charge in [0.1, 0.15) is 24.0 Å². The summed E-state index contributed by atoms with van der Waals surface area (Å²) in [5, 5.41) is 15.3. The van der Waals surface area contributed by atoms with E-state index in [1.165, 1.54) is 0 Å². The molecule has 1 aromatic carbocycles. The van der Waals surface area contributed by atoms with Crippen LogP contribution in [0, 0.1) is 13.8 Å². The van der Waals surface area contributed by atoms with Crippen LogP contribution in [0.15, 0.2) is 29.6 Å². The minimum absolute atomic E-state index is 0.0106. The molecule has 2 atom stereocenters. The molecule has 0 radical (unpaired) electrons. The minimum Gasteiger partial charge on any atom is -0.491 e. The van der Waals surface area contributed by atoms with Crippen LogP contribution < -0.4 is 10.1 Å². The van der Waals surface area contributed by atoms with Gasteiger partial charge in [0.2, 0.25) is 0 Å². The van der Waals surface area contributed by atoms with Crippen LogP contribution in [0.1, 0.15) is 34.4 Å². The Bertz CT molecular complexity index is 905. The van der Waals surface area contributed by atoms with E-state index in [0.29, 0.717) is 12.2 Å². The number of nitrogens with one attached hydrogen (secondary N) is 1. The van der Waals surface area contributed by atoms with Crippen LogP contribution in [0.2, 0.25) is 0 Å². The number of benzene rings is 1. The normalized spacial score (nSPS) is 22.3. The maximum Gasteiger partial charge on any atom is 0.325 e. The van der Waals surface area contributed by atoms with Gasteiger partial charge in [0.15, 0.2) is 0 Å². The van der Waals surface area contributed by atoms with E-state index in [9.17, 15) is 14.7 Å². The van der Waals surface area contributed by atoms with Crippen molar-refractivity contribution in [3.05, 3.63) is 51.2 Å². The molecule has 1 aromatic heterocycles. The second-order valence-corrected chi connectivity index (χ2v) is 8.65. The fourth-order valence-electron chi connectivity index (χ4n) is 4.18. The number of aryl methyl sites for hydroxylation is 3. The SMILES string of the molecule is Cc1cc(C)cc(OC[C@H](O)CN2C(=O)N[C@]3(CCCc4sccc43)C2=O)c1. The van der Waals surface area contributed by atoms with Gasteiger partial charge in [-0.25, -0.2) is 4.79 Å². The number of thiophene rings is 1. The minimum atomic E-state index is -0.973. The quantitative estimate of drug-likeness (QED) is 0.757. The molecule has 1 spiro atoms. The zero-order chi connectivity index (χ0) is 19.9. The Hall–Kier alpha value is -2.38. The van der Waals surface area contributed by atoms with Crippen LogP contribution in [-0.2, 0) is 16.8 Å². The number of carbonyl (C=O) groups is 2. The number of β-amino-alcohol motifs (C(OH)–C–C–N with tert-alkyl or cyclic N) is 1. The lowest BCUT2D eigenvalue weighted by Gasteiger charge is -2.31. The summed E-state index contributed by atoms with van der Waals surface area (Å²) in [7, 11) is 0. The number of aliphatic hydroxyl groups is 1. The average molecular weight is 401 g/mol. The molecule has 1 saturated heterocycles. The Kier molecular flexibility index (Phi) is 4.89. The third-order valence-corrected chi connectivity index (χ3v) is 6.35. The molecule has 1 fully saturated rings. The molecule has 1 aliphatic heterocycles. The lowest BCUT2D eigenvalue weighted by Crippen LogP contribution is -2.46. The van der Waals surface area contributed by atoms with Crippen LogP contribution in [0.3, 0.4) is 0 Å². The van der Waals surface area contributed by atoms with Crippen molar-refractivity contribution in [2.45, 2.75) is 44.8 Å². The first kappa shape index (κ1) is 19.0. The Morgan fingerprint density at radius 3 is 2.79 bits per heavy atom. The Labute approximate surface area is 168 Å². The molecule has 2 aliphatic rings. The Morgan fingerprint density at radius 1 is 1.29 bits per heavy atom. The van der Waals surface area contributed by atoms with Gasteiger partial charge in [0.25, 0.3) is 5.91 Å². The first-order valence-electron chi connectivity index (χ1n) is 9.49. The molecule has 7 heteroatoms. The van der Waals surface area contributed by atoms with E-state index < -0.39 is 17.7 Å². The van der Waals surface area contributed by atoms with Gasteiger partial charge in [0.05, 0.1) is 6.54 Å². The number of ether oxygens (including phenoxy) is 1. The van der Waals surface area contributed by atoms with Crippen molar-refractivity contribution in [2.75, 3.05) is 13.2 Å². The largest absolute Gasteiger partial charge is 0.491 e. The fourth-order valence-corrected chi connectivity index (χ4v) is 5.18. The fraction of sp³-hybridized carbons (Fsp3) is 0.429. The number of urea groups is 1. The molecule has 2 aromatic rings. The van der Waals surface area contributed by atoms with Gasteiger partial charge in [-0.15, -0.1) is 11.3 Å². The van der Waals surface area contributed by atoms with Crippen LogP contribution in [0.5, 0.6) is 5.75 Å². The Morgan fingerprint density at radius 2 is 2.04 bits per heavy atom. The van der Waals surface area contributed by atoms with Crippen molar-refractivity contribution in [3.63, 3.8) is 0 Å². The summed E-state index contributed by atoms with van der Waals surface area (Å²) in [5.41, 5.74) is 2.08. The third-order valence-electron chi connectivity index (χ3n) is 5.37. The van der Waals surface area contributed by atoms with E-state index in [1.54, 1.807) is 11.3 Å². The van der Waals surface area contributed by atoms with Crippen molar-refractivity contribution in [3.8, 4) is 5.75 Å². The summed E-state index contributed by atoms with van der Waals surface area (Å²) in [6.45, 7) is 3.88. The van der Waals surface area contributed by atoms with E-state index in [-0.39, 0.29) is 19.1 Å². The van der Waals surface area contributed by atoms with Crippen molar-refractivity contribution >= 4 is 23.3 Å². The van der Waals surface area contributed by atoms with Crippen LogP contribution >= 0.6 is 11.3 Å². The number of nitrogens with zero attached hydrogens (tertiary/aromatic N) is 1. The summed E-state index contributed by atoms with van der Waals surface area (Å²) in [6, 6.07) is 7.30. The molecule has 28 heavy (non-hydrogen) atoms. The molecule has 0 unspecified atom stereocenters. The maximum atomic E-state index is 13.1. The molecule has 3 amide bonds. The molecule has 1 aliphatic carbocycles. The van der Waals surface area contributed by atoms with Gasteiger partial charge in [-0.2, -0.15) is 0 Å². The molecule has 6 nitrogen and oxygen atoms in total. The van der Waals surface area contributed by atoms with Crippen molar-refractivity contribution < 1.29 is 19.4 Å². The highest BCUT2D eigenvalue weighted by Gasteiger charge is 2.54. The topological polar surface area (TPSA) is 78.9 Å². The molecule has 4 rings (SSSR count). The Balaban J connectivity index is 1.44. The third kappa shape index (κ3) is 3.29. The van der Waals surface area contributed by atoms with Gasteiger partial charge in [0, 0.05) is 10.4 Å². The summed E-state index contributed by atoms with van der Waals surface area (Å²) in [6.07, 6.45) is 1.42. The zero-order valence-corrected chi connectivity index (χ0v) is 16.8. The lowest BCUT2D eigenvalue weighted by molar-refractivity contribution is -0.133.